The molecule has 1 amide bonds. The molecule has 0 fully saturated rings. The van der Waals surface area contributed by atoms with E-state index in [0.29, 0.717) is 6.42 Å². The molecule has 0 atom stereocenters. The molecule has 0 radical (unpaired) electrons. The molecule has 0 saturated heterocycles. The molecule has 0 aromatic heterocycles. The van der Waals surface area contributed by atoms with Crippen LogP contribution in [-0.2, 0) is 11.2 Å². The second kappa shape index (κ2) is 6.02. The topological polar surface area (TPSA) is 29.1 Å². The maximum absolute atomic E-state index is 12.0. The van der Waals surface area contributed by atoms with Crippen molar-refractivity contribution < 1.29 is 4.79 Å². The number of aryl methyl sites for hydroxylation is 2. The summed E-state index contributed by atoms with van der Waals surface area (Å²) in [5.41, 5.74) is 4.16. The number of hydrogen-bond donors (Lipinski definition) is 1. The predicted molar refractivity (Wildman–Crippen MR) is 82.4 cm³/mol. The lowest BCUT2D eigenvalue weighted by atomic mass is 10.1. The Labute approximate surface area is 122 Å². The monoisotopic (exact) mass is 317 g/mol. The van der Waals surface area contributed by atoms with E-state index in [-0.39, 0.29) is 5.91 Å². The van der Waals surface area contributed by atoms with E-state index in [1.165, 1.54) is 5.56 Å². The Balaban J connectivity index is 2.05. The van der Waals surface area contributed by atoms with Crippen LogP contribution in [0.2, 0.25) is 0 Å². The highest BCUT2D eigenvalue weighted by Crippen LogP contribution is 2.23. The van der Waals surface area contributed by atoms with Crippen LogP contribution in [0.4, 0.5) is 5.69 Å². The van der Waals surface area contributed by atoms with Gasteiger partial charge < -0.3 is 5.32 Å². The van der Waals surface area contributed by atoms with Gasteiger partial charge in [-0.05, 0) is 53.0 Å². The Morgan fingerprint density at radius 2 is 1.84 bits per heavy atom. The Hall–Kier alpha value is -1.61. The van der Waals surface area contributed by atoms with Gasteiger partial charge in [0.25, 0.3) is 0 Å². The van der Waals surface area contributed by atoms with Crippen LogP contribution in [0, 0.1) is 13.8 Å². The number of rotatable bonds is 3. The minimum atomic E-state index is -0.00449. The lowest BCUT2D eigenvalue weighted by Gasteiger charge is -2.08. The largest absolute Gasteiger partial charge is 0.325 e. The van der Waals surface area contributed by atoms with E-state index in [9.17, 15) is 4.79 Å². The Kier molecular flexibility index (Phi) is 4.38. The molecule has 2 aromatic carbocycles. The number of anilines is 1. The fraction of sp³-hybridized carbons (Fsp3) is 0.188. The summed E-state index contributed by atoms with van der Waals surface area (Å²) in [4.78, 5) is 12.0. The number of hydrogen-bond acceptors (Lipinski definition) is 1. The van der Waals surface area contributed by atoms with Crippen molar-refractivity contribution in [2.45, 2.75) is 20.3 Å². The molecule has 19 heavy (non-hydrogen) atoms. The lowest BCUT2D eigenvalue weighted by Crippen LogP contribution is -2.14. The van der Waals surface area contributed by atoms with E-state index in [0.717, 1.165) is 21.3 Å². The summed E-state index contributed by atoms with van der Waals surface area (Å²) >= 11 is 3.46. The zero-order chi connectivity index (χ0) is 13.8. The zero-order valence-corrected chi connectivity index (χ0v) is 12.6. The van der Waals surface area contributed by atoms with E-state index in [1.54, 1.807) is 0 Å². The summed E-state index contributed by atoms with van der Waals surface area (Å²) < 4.78 is 0.907. The molecule has 2 aromatic rings. The van der Waals surface area contributed by atoms with Crippen molar-refractivity contribution in [2.24, 2.45) is 0 Å². The SMILES string of the molecule is Cc1cccc(CC(=O)Nc2ccc(C)cc2Br)c1. The van der Waals surface area contributed by atoms with Gasteiger partial charge in [0.2, 0.25) is 5.91 Å². The molecule has 0 unspecified atom stereocenters. The van der Waals surface area contributed by atoms with Gasteiger partial charge >= 0.3 is 0 Å². The lowest BCUT2D eigenvalue weighted by molar-refractivity contribution is -0.115. The number of nitrogens with one attached hydrogen (secondary N) is 1. The highest BCUT2D eigenvalue weighted by atomic mass is 79.9. The van der Waals surface area contributed by atoms with E-state index >= 15 is 0 Å². The van der Waals surface area contributed by atoms with Gasteiger partial charge in [-0.25, -0.2) is 0 Å². The molecule has 0 heterocycles. The van der Waals surface area contributed by atoms with Gasteiger partial charge in [0, 0.05) is 4.47 Å². The van der Waals surface area contributed by atoms with Crippen molar-refractivity contribution in [1.29, 1.82) is 0 Å². The van der Waals surface area contributed by atoms with E-state index in [2.05, 4.69) is 21.2 Å². The molecule has 2 nitrogen and oxygen atoms in total. The summed E-state index contributed by atoms with van der Waals surface area (Å²) in [6.07, 6.45) is 0.391. The minimum absolute atomic E-state index is 0.00449. The number of amides is 1. The van der Waals surface area contributed by atoms with Crippen molar-refractivity contribution in [1.82, 2.24) is 0 Å². The fourth-order valence-electron chi connectivity index (χ4n) is 1.92. The third-order valence-corrected chi connectivity index (χ3v) is 3.50. The molecule has 0 aliphatic heterocycles. The standard InChI is InChI=1S/C16H16BrNO/c1-11-4-3-5-13(8-11)10-16(19)18-15-7-6-12(2)9-14(15)17/h3-9H,10H2,1-2H3,(H,18,19). The smallest absolute Gasteiger partial charge is 0.228 e. The van der Waals surface area contributed by atoms with Gasteiger partial charge in [0.1, 0.15) is 0 Å². The second-order valence-electron chi connectivity index (χ2n) is 4.70. The highest BCUT2D eigenvalue weighted by molar-refractivity contribution is 9.10. The number of carbonyl (C=O) groups is 1. The van der Waals surface area contributed by atoms with E-state index < -0.39 is 0 Å². The van der Waals surface area contributed by atoms with Crippen LogP contribution >= 0.6 is 15.9 Å². The zero-order valence-electron chi connectivity index (χ0n) is 11.0. The molecule has 3 heteroatoms. The summed E-state index contributed by atoms with van der Waals surface area (Å²) in [5, 5.41) is 2.92. The number of carbonyl (C=O) groups excluding carboxylic acids is 1. The summed E-state index contributed by atoms with van der Waals surface area (Å²) in [6.45, 7) is 4.04. The van der Waals surface area contributed by atoms with Crippen molar-refractivity contribution in [3.8, 4) is 0 Å². The molecule has 0 aliphatic carbocycles. The second-order valence-corrected chi connectivity index (χ2v) is 5.55. The summed E-state index contributed by atoms with van der Waals surface area (Å²) in [7, 11) is 0. The Morgan fingerprint density at radius 1 is 1.11 bits per heavy atom. The highest BCUT2D eigenvalue weighted by Gasteiger charge is 2.06. The van der Waals surface area contributed by atoms with Crippen molar-refractivity contribution >= 4 is 27.5 Å². The Bertz CT molecular complexity index is 607. The first-order valence-electron chi connectivity index (χ1n) is 6.16. The Morgan fingerprint density at radius 3 is 2.53 bits per heavy atom. The third-order valence-electron chi connectivity index (χ3n) is 2.85. The van der Waals surface area contributed by atoms with Crippen LogP contribution in [0.1, 0.15) is 16.7 Å². The molecule has 0 saturated carbocycles. The van der Waals surface area contributed by atoms with Gasteiger partial charge in [0.15, 0.2) is 0 Å². The first-order valence-corrected chi connectivity index (χ1v) is 6.95. The first kappa shape index (κ1) is 13.8. The van der Waals surface area contributed by atoms with Crippen LogP contribution in [0.25, 0.3) is 0 Å². The molecular formula is C16H16BrNO. The van der Waals surface area contributed by atoms with Gasteiger partial charge in [-0.15, -0.1) is 0 Å². The molecule has 98 valence electrons. The molecule has 0 bridgehead atoms. The van der Waals surface area contributed by atoms with Crippen LogP contribution in [0.5, 0.6) is 0 Å². The summed E-state index contributed by atoms with van der Waals surface area (Å²) in [6, 6.07) is 13.9. The molecule has 1 N–H and O–H groups in total. The first-order chi connectivity index (χ1) is 9.04. The van der Waals surface area contributed by atoms with Crippen LogP contribution in [-0.4, -0.2) is 5.91 Å². The molecular weight excluding hydrogens is 302 g/mol. The van der Waals surface area contributed by atoms with Crippen molar-refractivity contribution in [3.63, 3.8) is 0 Å². The minimum Gasteiger partial charge on any atom is -0.325 e. The molecule has 0 aliphatic rings. The molecule has 2 rings (SSSR count). The average molecular weight is 318 g/mol. The third kappa shape index (κ3) is 3.93. The van der Waals surface area contributed by atoms with Crippen molar-refractivity contribution in [2.75, 3.05) is 5.32 Å². The van der Waals surface area contributed by atoms with Gasteiger partial charge in [-0.1, -0.05) is 35.9 Å². The number of benzene rings is 2. The average Bonchev–Trinajstić information content (AvgIpc) is 2.33. The normalized spacial score (nSPS) is 10.3. The molecule has 0 spiro atoms. The van der Waals surface area contributed by atoms with Crippen LogP contribution < -0.4 is 5.32 Å². The van der Waals surface area contributed by atoms with Crippen molar-refractivity contribution in [3.05, 3.63) is 63.6 Å². The van der Waals surface area contributed by atoms with Gasteiger partial charge in [0.05, 0.1) is 12.1 Å². The van der Waals surface area contributed by atoms with E-state index in [1.807, 2.05) is 56.3 Å². The van der Waals surface area contributed by atoms with E-state index in [4.69, 9.17) is 0 Å². The summed E-state index contributed by atoms with van der Waals surface area (Å²) in [5.74, 6) is -0.00449. The fourth-order valence-corrected chi connectivity index (χ4v) is 2.52. The van der Waals surface area contributed by atoms with Crippen LogP contribution in [0.15, 0.2) is 46.9 Å². The quantitative estimate of drug-likeness (QED) is 0.901. The predicted octanol–water partition coefficient (Wildman–Crippen LogP) is 4.25. The van der Waals surface area contributed by atoms with Gasteiger partial charge in [-0.2, -0.15) is 0 Å². The number of halogens is 1. The maximum Gasteiger partial charge on any atom is 0.228 e. The van der Waals surface area contributed by atoms with Crippen LogP contribution in [0.3, 0.4) is 0 Å². The maximum atomic E-state index is 12.0. The van der Waals surface area contributed by atoms with Gasteiger partial charge in [-0.3, -0.25) is 4.79 Å².